The van der Waals surface area contributed by atoms with Gasteiger partial charge in [0.1, 0.15) is 0 Å². The molecule has 1 aromatic rings. The van der Waals surface area contributed by atoms with Crippen molar-refractivity contribution in [2.45, 2.75) is 6.23 Å². The standard InChI is InChI=1S/C8H11NO3/c1-12-8(6-10)9-5-3-2-4-7(9)11/h2-5,8,10H,6H2,1H3. The number of hydrogen-bond donors (Lipinski definition) is 1. The molecule has 4 heteroatoms. The first kappa shape index (κ1) is 8.96. The summed E-state index contributed by atoms with van der Waals surface area (Å²) in [7, 11) is 1.44. The lowest BCUT2D eigenvalue weighted by Crippen LogP contribution is -2.26. The smallest absolute Gasteiger partial charge is 0.252 e. The van der Waals surface area contributed by atoms with Crippen molar-refractivity contribution in [1.29, 1.82) is 0 Å². The van der Waals surface area contributed by atoms with Crippen LogP contribution in [0.1, 0.15) is 6.23 Å². The number of aliphatic hydroxyl groups is 1. The van der Waals surface area contributed by atoms with Crippen molar-refractivity contribution in [2.24, 2.45) is 0 Å². The molecule has 0 aliphatic carbocycles. The van der Waals surface area contributed by atoms with Crippen molar-refractivity contribution < 1.29 is 9.84 Å². The second-order valence-electron chi connectivity index (χ2n) is 2.32. The molecule has 1 aromatic heterocycles. The predicted molar refractivity (Wildman–Crippen MR) is 43.8 cm³/mol. The first-order valence-electron chi connectivity index (χ1n) is 3.60. The summed E-state index contributed by atoms with van der Waals surface area (Å²) in [5, 5.41) is 8.82. The Hall–Kier alpha value is -1.13. The average Bonchev–Trinajstić information content (AvgIpc) is 2.10. The molecular weight excluding hydrogens is 158 g/mol. The Balaban J connectivity index is 3.00. The summed E-state index contributed by atoms with van der Waals surface area (Å²) < 4.78 is 6.21. The normalized spacial score (nSPS) is 12.8. The van der Waals surface area contributed by atoms with Crippen molar-refractivity contribution >= 4 is 0 Å². The van der Waals surface area contributed by atoms with Crippen LogP contribution >= 0.6 is 0 Å². The molecule has 0 fully saturated rings. The zero-order chi connectivity index (χ0) is 8.97. The van der Waals surface area contributed by atoms with E-state index in [9.17, 15) is 4.79 Å². The molecule has 0 radical (unpaired) electrons. The van der Waals surface area contributed by atoms with Crippen LogP contribution in [0.5, 0.6) is 0 Å². The van der Waals surface area contributed by atoms with Crippen LogP contribution in [0, 0.1) is 0 Å². The molecule has 0 aliphatic heterocycles. The second-order valence-corrected chi connectivity index (χ2v) is 2.32. The van der Waals surface area contributed by atoms with Crippen molar-refractivity contribution in [2.75, 3.05) is 13.7 Å². The minimum atomic E-state index is -0.585. The maximum atomic E-state index is 11.2. The van der Waals surface area contributed by atoms with Gasteiger partial charge in [0.15, 0.2) is 6.23 Å². The van der Waals surface area contributed by atoms with Gasteiger partial charge in [-0.2, -0.15) is 0 Å². The van der Waals surface area contributed by atoms with E-state index in [-0.39, 0.29) is 12.2 Å². The van der Waals surface area contributed by atoms with Crippen LogP contribution in [0.3, 0.4) is 0 Å². The fourth-order valence-electron chi connectivity index (χ4n) is 0.954. The van der Waals surface area contributed by atoms with Crippen molar-refractivity contribution in [3.05, 3.63) is 34.7 Å². The molecule has 12 heavy (non-hydrogen) atoms. The van der Waals surface area contributed by atoms with Gasteiger partial charge in [-0.1, -0.05) is 6.07 Å². The number of hydrogen-bond acceptors (Lipinski definition) is 3. The van der Waals surface area contributed by atoms with Gasteiger partial charge in [-0.25, -0.2) is 0 Å². The van der Waals surface area contributed by atoms with Gasteiger partial charge >= 0.3 is 0 Å². The first-order valence-corrected chi connectivity index (χ1v) is 3.60. The fraction of sp³-hybridized carbons (Fsp3) is 0.375. The van der Waals surface area contributed by atoms with Gasteiger partial charge in [0.25, 0.3) is 5.56 Å². The van der Waals surface area contributed by atoms with E-state index in [4.69, 9.17) is 9.84 Å². The third-order valence-corrected chi connectivity index (χ3v) is 1.59. The molecule has 0 saturated heterocycles. The Labute approximate surface area is 70.0 Å². The number of ether oxygens (including phenoxy) is 1. The maximum absolute atomic E-state index is 11.2. The first-order chi connectivity index (χ1) is 5.79. The molecule has 0 aromatic carbocycles. The highest BCUT2D eigenvalue weighted by molar-refractivity contribution is 4.94. The molecule has 4 nitrogen and oxygen atoms in total. The van der Waals surface area contributed by atoms with E-state index in [1.807, 2.05) is 0 Å². The van der Waals surface area contributed by atoms with Crippen molar-refractivity contribution in [3.63, 3.8) is 0 Å². The lowest BCUT2D eigenvalue weighted by Gasteiger charge is -2.14. The summed E-state index contributed by atoms with van der Waals surface area (Å²) in [4.78, 5) is 11.2. The van der Waals surface area contributed by atoms with E-state index >= 15 is 0 Å². The molecule has 0 saturated carbocycles. The van der Waals surface area contributed by atoms with Crippen LogP contribution in [-0.4, -0.2) is 23.4 Å². The van der Waals surface area contributed by atoms with E-state index in [0.29, 0.717) is 0 Å². The molecule has 66 valence electrons. The predicted octanol–water partition coefficient (Wildman–Crippen LogP) is -0.0144. The molecule has 0 aliphatic rings. The average molecular weight is 169 g/mol. The highest BCUT2D eigenvalue weighted by atomic mass is 16.5. The lowest BCUT2D eigenvalue weighted by molar-refractivity contribution is -0.00492. The van der Waals surface area contributed by atoms with E-state index < -0.39 is 6.23 Å². The van der Waals surface area contributed by atoms with Crippen LogP contribution in [0.4, 0.5) is 0 Å². The zero-order valence-corrected chi connectivity index (χ0v) is 6.80. The molecule has 1 heterocycles. The van der Waals surface area contributed by atoms with Gasteiger partial charge in [-0.3, -0.25) is 9.36 Å². The van der Waals surface area contributed by atoms with Gasteiger partial charge in [-0.05, 0) is 6.07 Å². The summed E-state index contributed by atoms with van der Waals surface area (Å²) in [5.74, 6) is 0. The van der Waals surface area contributed by atoms with Crippen LogP contribution in [-0.2, 0) is 4.74 Å². The van der Waals surface area contributed by atoms with Gasteiger partial charge in [0.05, 0.1) is 6.61 Å². The van der Waals surface area contributed by atoms with E-state index in [2.05, 4.69) is 0 Å². The van der Waals surface area contributed by atoms with E-state index in [0.717, 1.165) is 0 Å². The Morgan fingerprint density at radius 2 is 2.42 bits per heavy atom. The summed E-state index contributed by atoms with van der Waals surface area (Å²) >= 11 is 0. The van der Waals surface area contributed by atoms with Crippen LogP contribution in [0.2, 0.25) is 0 Å². The fourth-order valence-corrected chi connectivity index (χ4v) is 0.954. The Morgan fingerprint density at radius 1 is 1.67 bits per heavy atom. The molecular formula is C8H11NO3. The van der Waals surface area contributed by atoms with Crippen LogP contribution < -0.4 is 5.56 Å². The Morgan fingerprint density at radius 3 is 2.92 bits per heavy atom. The van der Waals surface area contributed by atoms with Crippen molar-refractivity contribution in [3.8, 4) is 0 Å². The summed E-state index contributed by atoms with van der Waals surface area (Å²) in [5.41, 5.74) is -0.182. The minimum Gasteiger partial charge on any atom is -0.392 e. The monoisotopic (exact) mass is 169 g/mol. The van der Waals surface area contributed by atoms with Crippen LogP contribution in [0.25, 0.3) is 0 Å². The maximum Gasteiger partial charge on any atom is 0.252 e. The number of aromatic nitrogens is 1. The Kier molecular flexibility index (Phi) is 3.01. The number of aliphatic hydroxyl groups excluding tert-OH is 1. The van der Waals surface area contributed by atoms with Gasteiger partial charge in [0, 0.05) is 19.4 Å². The Bertz CT molecular complexity index is 290. The number of methoxy groups -OCH3 is 1. The number of pyridine rings is 1. The molecule has 1 rings (SSSR count). The van der Waals surface area contributed by atoms with E-state index in [1.54, 1.807) is 18.3 Å². The highest BCUT2D eigenvalue weighted by Gasteiger charge is 2.07. The topological polar surface area (TPSA) is 51.5 Å². The van der Waals surface area contributed by atoms with Crippen molar-refractivity contribution in [1.82, 2.24) is 4.57 Å². The van der Waals surface area contributed by atoms with Gasteiger partial charge < -0.3 is 9.84 Å². The quantitative estimate of drug-likeness (QED) is 0.692. The second kappa shape index (κ2) is 4.04. The minimum absolute atomic E-state index is 0.182. The molecule has 1 unspecified atom stereocenters. The van der Waals surface area contributed by atoms with Gasteiger partial charge in [-0.15, -0.1) is 0 Å². The largest absolute Gasteiger partial charge is 0.392 e. The van der Waals surface area contributed by atoms with Crippen LogP contribution in [0.15, 0.2) is 29.2 Å². The lowest BCUT2D eigenvalue weighted by atomic mass is 10.4. The highest BCUT2D eigenvalue weighted by Crippen LogP contribution is 2.00. The molecule has 0 bridgehead atoms. The summed E-state index contributed by atoms with van der Waals surface area (Å²) in [6, 6.07) is 4.77. The molecule has 1 N–H and O–H groups in total. The SMILES string of the molecule is COC(CO)n1ccccc1=O. The third kappa shape index (κ3) is 1.72. The zero-order valence-electron chi connectivity index (χ0n) is 6.80. The molecule has 0 amide bonds. The third-order valence-electron chi connectivity index (χ3n) is 1.59. The van der Waals surface area contributed by atoms with Gasteiger partial charge in [0.2, 0.25) is 0 Å². The summed E-state index contributed by atoms with van der Waals surface area (Å²) in [6.07, 6.45) is 0.992. The summed E-state index contributed by atoms with van der Waals surface area (Å²) in [6.45, 7) is -0.208. The molecule has 0 spiro atoms. The van der Waals surface area contributed by atoms with E-state index in [1.165, 1.54) is 17.7 Å². The molecule has 1 atom stereocenters. The number of nitrogens with zero attached hydrogens (tertiary/aromatic N) is 1. The number of rotatable bonds is 3.